The van der Waals surface area contributed by atoms with Crippen molar-refractivity contribution < 1.29 is 38.7 Å². The average molecular weight is 524 g/mol. The largest absolute Gasteiger partial charge is 0.459 e. The van der Waals surface area contributed by atoms with Gasteiger partial charge in [0.05, 0.1) is 23.9 Å². The van der Waals surface area contributed by atoms with Crippen LogP contribution in [-0.4, -0.2) is 77.1 Å². The molecule has 0 saturated carbocycles. The lowest BCUT2D eigenvalue weighted by atomic mass is 9.84. The van der Waals surface area contributed by atoms with E-state index >= 15 is 0 Å². The van der Waals surface area contributed by atoms with E-state index in [9.17, 15) is 19.8 Å². The van der Waals surface area contributed by atoms with E-state index in [2.05, 4.69) is 18.3 Å². The fraction of sp³-hybridized carbons (Fsp3) is 0.714. The summed E-state index contributed by atoms with van der Waals surface area (Å²) in [6.07, 6.45) is 8.00. The van der Waals surface area contributed by atoms with Gasteiger partial charge in [0.2, 0.25) is 5.91 Å². The summed E-state index contributed by atoms with van der Waals surface area (Å²) >= 11 is 0. The van der Waals surface area contributed by atoms with Gasteiger partial charge in [0, 0.05) is 26.5 Å². The maximum Gasteiger partial charge on any atom is 0.303 e. The first-order valence-corrected chi connectivity index (χ1v) is 13.0. The van der Waals surface area contributed by atoms with Gasteiger partial charge >= 0.3 is 5.97 Å². The smallest absolute Gasteiger partial charge is 0.303 e. The van der Waals surface area contributed by atoms with E-state index in [4.69, 9.17) is 18.9 Å². The number of amides is 1. The molecule has 210 valence electrons. The Hall–Kier alpha value is -2.04. The minimum Gasteiger partial charge on any atom is -0.459 e. The molecule has 9 heteroatoms. The highest BCUT2D eigenvalue weighted by atomic mass is 16.6. The number of hydrogen-bond donors (Lipinski definition) is 3. The Morgan fingerprint density at radius 3 is 2.51 bits per heavy atom. The molecule has 9 nitrogen and oxygen atoms in total. The van der Waals surface area contributed by atoms with Crippen LogP contribution in [0.25, 0.3) is 0 Å². The van der Waals surface area contributed by atoms with Gasteiger partial charge in [-0.1, -0.05) is 30.7 Å². The van der Waals surface area contributed by atoms with Gasteiger partial charge in [0.25, 0.3) is 0 Å². The Morgan fingerprint density at radius 2 is 1.89 bits per heavy atom. The predicted octanol–water partition coefficient (Wildman–Crippen LogP) is 2.95. The summed E-state index contributed by atoms with van der Waals surface area (Å²) in [4.78, 5) is 23.3. The minimum atomic E-state index is -1.40. The first-order chi connectivity index (χ1) is 17.2. The van der Waals surface area contributed by atoms with Crippen molar-refractivity contribution in [2.75, 3.05) is 7.11 Å². The maximum atomic E-state index is 12.3. The summed E-state index contributed by atoms with van der Waals surface area (Å²) in [6, 6.07) is -0.120. The molecule has 2 saturated heterocycles. The van der Waals surface area contributed by atoms with Crippen LogP contribution in [0.2, 0.25) is 0 Å². The monoisotopic (exact) mass is 523 g/mol. The zero-order valence-corrected chi connectivity index (χ0v) is 23.4. The van der Waals surface area contributed by atoms with Crippen LogP contribution in [0, 0.1) is 5.92 Å². The summed E-state index contributed by atoms with van der Waals surface area (Å²) in [5.74, 6) is -1.82. The molecule has 0 aliphatic carbocycles. The molecule has 2 aliphatic rings. The Bertz CT molecular complexity index is 881. The van der Waals surface area contributed by atoms with E-state index in [1.165, 1.54) is 20.1 Å². The molecule has 9 atom stereocenters. The lowest BCUT2D eigenvalue weighted by Crippen LogP contribution is -2.60. The maximum absolute atomic E-state index is 12.3. The number of rotatable bonds is 9. The molecule has 2 aliphatic heterocycles. The van der Waals surface area contributed by atoms with Crippen LogP contribution < -0.4 is 5.32 Å². The van der Waals surface area contributed by atoms with E-state index in [0.717, 1.165) is 12.0 Å². The van der Waals surface area contributed by atoms with Crippen LogP contribution in [-0.2, 0) is 28.5 Å². The van der Waals surface area contributed by atoms with Crippen LogP contribution in [0.15, 0.2) is 36.0 Å². The zero-order chi connectivity index (χ0) is 28.0. The third-order valence-electron chi connectivity index (χ3n) is 7.11. The molecule has 0 aromatic heterocycles. The summed E-state index contributed by atoms with van der Waals surface area (Å²) in [5, 5.41) is 24.2. The molecule has 37 heavy (non-hydrogen) atoms. The van der Waals surface area contributed by atoms with E-state index in [1.807, 2.05) is 19.9 Å². The Balaban J connectivity index is 1.91. The second-order valence-corrected chi connectivity index (χ2v) is 10.8. The third kappa shape index (κ3) is 9.33. The van der Waals surface area contributed by atoms with Gasteiger partial charge in [-0.05, 0) is 59.5 Å². The third-order valence-corrected chi connectivity index (χ3v) is 7.11. The highest BCUT2D eigenvalue weighted by Gasteiger charge is 2.50. The minimum absolute atomic E-state index is 0.0000649. The van der Waals surface area contributed by atoms with Crippen molar-refractivity contribution in [3.8, 4) is 0 Å². The number of ether oxygens (including phenoxy) is 4. The van der Waals surface area contributed by atoms with Gasteiger partial charge in [0.1, 0.15) is 18.3 Å². The molecule has 0 radical (unpaired) electrons. The molecule has 0 spiro atoms. The van der Waals surface area contributed by atoms with Crippen molar-refractivity contribution in [3.05, 3.63) is 36.0 Å². The summed E-state index contributed by atoms with van der Waals surface area (Å²) in [7, 11) is 1.52. The molecule has 2 heterocycles. The second kappa shape index (κ2) is 13.2. The standard InChI is InChI=1S/C28H45NO8/c1-17(10-13-24-26(32)27(6,34-8)16-28(7,33)37-24)9-12-23-18(2)15-22(20(4)36-23)29-25(31)14-11-19(3)35-21(5)30/h9-11,13-14,18-20,22-24,26,32-33H,12,15-16H2,1-8H3,(H,29,31)/b13-10+,14-11-,17-9+/t18-,19-,20?,22?,23?,24?,26?,27+,28-/m0/s1. The van der Waals surface area contributed by atoms with Gasteiger partial charge in [-0.25, -0.2) is 0 Å². The number of carbonyl (C=O) groups excluding carboxylic acids is 2. The Labute approximate surface area is 220 Å². The van der Waals surface area contributed by atoms with E-state index in [1.54, 1.807) is 32.9 Å². The molecule has 0 bridgehead atoms. The molecule has 5 unspecified atom stereocenters. The fourth-order valence-electron chi connectivity index (χ4n) is 4.92. The number of allylic oxidation sites excluding steroid dienone is 2. The van der Waals surface area contributed by atoms with Crippen molar-refractivity contribution in [2.45, 2.75) is 116 Å². The molecular weight excluding hydrogens is 478 g/mol. The van der Waals surface area contributed by atoms with Crippen LogP contribution in [0.5, 0.6) is 0 Å². The number of nitrogens with one attached hydrogen (secondary N) is 1. The van der Waals surface area contributed by atoms with Gasteiger partial charge in [-0.2, -0.15) is 0 Å². The highest BCUT2D eigenvalue weighted by Crippen LogP contribution is 2.37. The number of methoxy groups -OCH3 is 1. The summed E-state index contributed by atoms with van der Waals surface area (Å²) in [6.45, 7) is 12.4. The van der Waals surface area contributed by atoms with Crippen molar-refractivity contribution in [1.29, 1.82) is 0 Å². The van der Waals surface area contributed by atoms with E-state index < -0.39 is 35.7 Å². The topological polar surface area (TPSA) is 124 Å². The number of carbonyl (C=O) groups is 2. The number of aliphatic hydroxyl groups is 2. The molecule has 2 fully saturated rings. The van der Waals surface area contributed by atoms with Crippen LogP contribution in [0.4, 0.5) is 0 Å². The summed E-state index contributed by atoms with van der Waals surface area (Å²) in [5.41, 5.74) is 0.0594. The zero-order valence-electron chi connectivity index (χ0n) is 23.4. The molecule has 0 aromatic rings. The quantitative estimate of drug-likeness (QED) is 0.239. The SMILES string of the molecule is CO[C@]1(C)C[C@@](C)(O)OC(/C=C/C(C)=C/CC2OC(C)C(NC(=O)/C=C\[C@H](C)OC(C)=O)C[C@@H]2C)C1O. The van der Waals surface area contributed by atoms with Crippen molar-refractivity contribution in [3.63, 3.8) is 0 Å². The molecule has 0 aromatic carbocycles. The van der Waals surface area contributed by atoms with E-state index in [0.29, 0.717) is 6.42 Å². The lowest BCUT2D eigenvalue weighted by Gasteiger charge is -2.47. The molecular formula is C28H45NO8. The Morgan fingerprint density at radius 1 is 1.22 bits per heavy atom. The van der Waals surface area contributed by atoms with Crippen LogP contribution >= 0.6 is 0 Å². The first kappa shape index (κ1) is 31.2. The Kier molecular flexibility index (Phi) is 11.1. The van der Waals surface area contributed by atoms with Gasteiger partial charge < -0.3 is 34.5 Å². The average Bonchev–Trinajstić information content (AvgIpc) is 2.79. The number of aliphatic hydroxyl groups excluding tert-OH is 1. The molecule has 1 amide bonds. The lowest BCUT2D eigenvalue weighted by molar-refractivity contribution is -0.307. The molecule has 3 N–H and O–H groups in total. The second-order valence-electron chi connectivity index (χ2n) is 10.8. The van der Waals surface area contributed by atoms with Crippen LogP contribution in [0.3, 0.4) is 0 Å². The number of esters is 1. The van der Waals surface area contributed by atoms with Crippen LogP contribution in [0.1, 0.15) is 67.7 Å². The van der Waals surface area contributed by atoms with Crippen molar-refractivity contribution >= 4 is 11.9 Å². The van der Waals surface area contributed by atoms with Crippen molar-refractivity contribution in [1.82, 2.24) is 5.32 Å². The fourth-order valence-corrected chi connectivity index (χ4v) is 4.92. The number of hydrogen-bond acceptors (Lipinski definition) is 8. The summed E-state index contributed by atoms with van der Waals surface area (Å²) < 4.78 is 22.4. The van der Waals surface area contributed by atoms with E-state index in [-0.39, 0.29) is 36.5 Å². The first-order valence-electron chi connectivity index (χ1n) is 13.0. The predicted molar refractivity (Wildman–Crippen MR) is 139 cm³/mol. The van der Waals surface area contributed by atoms with Gasteiger partial charge in [0.15, 0.2) is 5.79 Å². The highest BCUT2D eigenvalue weighted by molar-refractivity contribution is 5.87. The van der Waals surface area contributed by atoms with Gasteiger partial charge in [-0.15, -0.1) is 0 Å². The van der Waals surface area contributed by atoms with Gasteiger partial charge in [-0.3, -0.25) is 9.59 Å². The van der Waals surface area contributed by atoms with Crippen molar-refractivity contribution in [2.24, 2.45) is 5.92 Å². The normalized spacial score (nSPS) is 38.1. The molecule has 2 rings (SSSR count).